The molecule has 0 aliphatic heterocycles. The summed E-state index contributed by atoms with van der Waals surface area (Å²) in [6, 6.07) is 9.85. The van der Waals surface area contributed by atoms with Crippen LogP contribution in [0.3, 0.4) is 0 Å². The number of carbonyl (C=O) groups excluding carboxylic acids is 4. The van der Waals surface area contributed by atoms with Gasteiger partial charge in [-0.1, -0.05) is 56.5 Å². The molecular weight excluding hydrogens is 542 g/mol. The highest BCUT2D eigenvalue weighted by Crippen LogP contribution is 2.30. The van der Waals surface area contributed by atoms with E-state index in [9.17, 15) is 29.4 Å². The van der Waals surface area contributed by atoms with Crippen molar-refractivity contribution in [2.45, 2.75) is 77.5 Å². The first-order valence-electron chi connectivity index (χ1n) is 14.1. The molecule has 0 heterocycles. The van der Waals surface area contributed by atoms with Crippen LogP contribution in [0.4, 0.5) is 4.79 Å². The van der Waals surface area contributed by atoms with E-state index < -0.39 is 48.1 Å². The number of alkyl carbamates (subject to hydrolysis) is 1. The maximum atomic E-state index is 14.4. The Hall–Kier alpha value is -4.28. The third kappa shape index (κ3) is 10.9. The largest absolute Gasteiger partial charge is 0.508 e. The van der Waals surface area contributed by atoms with Gasteiger partial charge in [-0.2, -0.15) is 0 Å². The topological polar surface area (TPSA) is 154 Å². The van der Waals surface area contributed by atoms with E-state index in [1.165, 1.54) is 36.3 Å². The van der Waals surface area contributed by atoms with Gasteiger partial charge >= 0.3 is 12.1 Å². The first-order valence-corrected chi connectivity index (χ1v) is 14.1. The Morgan fingerprint density at radius 3 is 2.21 bits per heavy atom. The van der Waals surface area contributed by atoms with Crippen LogP contribution in [-0.2, 0) is 30.3 Å². The van der Waals surface area contributed by atoms with Gasteiger partial charge in [-0.3, -0.25) is 14.4 Å². The highest BCUT2D eigenvalue weighted by molar-refractivity contribution is 5.93. The predicted octanol–water partition coefficient (Wildman–Crippen LogP) is 3.97. The van der Waals surface area contributed by atoms with Crippen molar-refractivity contribution in [3.8, 4) is 11.5 Å². The summed E-state index contributed by atoms with van der Waals surface area (Å²) in [5.74, 6) is -2.14. The number of methoxy groups -OCH3 is 1. The fraction of sp³-hybridized carbons (Fsp3) is 0.484. The Balaban J connectivity index is 2.57. The third-order valence-corrected chi connectivity index (χ3v) is 6.33. The minimum absolute atomic E-state index is 0.0289. The molecule has 0 radical (unpaired) electrons. The number of phenols is 2. The highest BCUT2D eigenvalue weighted by atomic mass is 16.6. The van der Waals surface area contributed by atoms with Crippen molar-refractivity contribution < 1.29 is 38.9 Å². The Kier molecular flexibility index (Phi) is 13.1. The first kappa shape index (κ1) is 33.9. The molecule has 2 rings (SSSR count). The normalized spacial score (nSPS) is 12.5. The molecule has 11 nitrogen and oxygen atoms in total. The number of hydrogen-bond donors (Lipinski definition) is 4. The quantitative estimate of drug-likeness (QED) is 0.192. The second-order valence-corrected chi connectivity index (χ2v) is 10.9. The molecule has 3 amide bonds. The molecule has 2 atom stereocenters. The van der Waals surface area contributed by atoms with E-state index >= 15 is 0 Å². The minimum Gasteiger partial charge on any atom is -0.508 e. The first-order chi connectivity index (χ1) is 19.9. The maximum absolute atomic E-state index is 14.4. The molecule has 0 aliphatic rings. The number of hydrogen-bond acceptors (Lipinski definition) is 8. The van der Waals surface area contributed by atoms with E-state index in [0.717, 1.165) is 19.3 Å². The van der Waals surface area contributed by atoms with Gasteiger partial charge < -0.3 is 35.2 Å². The zero-order valence-electron chi connectivity index (χ0n) is 25.0. The Labute approximate surface area is 247 Å². The van der Waals surface area contributed by atoms with Crippen molar-refractivity contribution in [1.29, 1.82) is 0 Å². The van der Waals surface area contributed by atoms with Gasteiger partial charge in [-0.15, -0.1) is 0 Å². The molecule has 0 aromatic heterocycles. The van der Waals surface area contributed by atoms with Gasteiger partial charge in [0.2, 0.25) is 11.8 Å². The minimum atomic E-state index is -1.33. The number of nitrogens with zero attached hydrogens (tertiary/aromatic N) is 1. The second kappa shape index (κ2) is 16.2. The molecule has 0 spiro atoms. The summed E-state index contributed by atoms with van der Waals surface area (Å²) in [5, 5.41) is 25.6. The average molecular weight is 586 g/mol. The fourth-order valence-electron chi connectivity index (χ4n) is 4.29. The molecule has 230 valence electrons. The SMILES string of the molecule is CCCCCCN(C(=O)C(Cc1ccc(O)cc1)NC(=O)OC(C)(C)C)C(C(=O)NCC(=O)OC)c1ccccc1O. The number of ether oxygens (including phenoxy) is 2. The van der Waals surface area contributed by atoms with E-state index in [0.29, 0.717) is 12.0 Å². The molecule has 42 heavy (non-hydrogen) atoms. The summed E-state index contributed by atoms with van der Waals surface area (Å²) < 4.78 is 10.1. The van der Waals surface area contributed by atoms with E-state index in [1.54, 1.807) is 45.0 Å². The Morgan fingerprint density at radius 2 is 1.62 bits per heavy atom. The van der Waals surface area contributed by atoms with Gasteiger partial charge in [0, 0.05) is 18.5 Å². The van der Waals surface area contributed by atoms with Crippen LogP contribution in [0.2, 0.25) is 0 Å². The third-order valence-electron chi connectivity index (χ3n) is 6.33. The van der Waals surface area contributed by atoms with Crippen molar-refractivity contribution in [2.24, 2.45) is 0 Å². The molecule has 0 fully saturated rings. The highest BCUT2D eigenvalue weighted by Gasteiger charge is 2.37. The van der Waals surface area contributed by atoms with Gasteiger partial charge in [0.25, 0.3) is 0 Å². The standard InChI is InChI=1S/C31H43N3O8/c1-6-7-8-11-18-34(27(23-12-9-10-13-25(23)36)28(38)32-20-26(37)41-5)29(39)24(33-30(40)42-31(2,3)4)19-21-14-16-22(35)17-15-21/h9-10,12-17,24,27,35-36H,6-8,11,18-20H2,1-5H3,(H,32,38)(H,33,40). The van der Waals surface area contributed by atoms with Crippen LogP contribution in [0.15, 0.2) is 48.5 Å². The molecule has 0 saturated carbocycles. The van der Waals surface area contributed by atoms with Crippen molar-refractivity contribution in [2.75, 3.05) is 20.2 Å². The molecule has 2 aromatic carbocycles. The van der Waals surface area contributed by atoms with Crippen LogP contribution < -0.4 is 10.6 Å². The number of unbranched alkanes of at least 4 members (excludes halogenated alkanes) is 3. The van der Waals surface area contributed by atoms with Crippen molar-refractivity contribution in [1.82, 2.24) is 15.5 Å². The lowest BCUT2D eigenvalue weighted by atomic mass is 9.99. The lowest BCUT2D eigenvalue weighted by Crippen LogP contribution is -2.54. The summed E-state index contributed by atoms with van der Waals surface area (Å²) >= 11 is 0. The zero-order chi connectivity index (χ0) is 31.3. The number of carbonyl (C=O) groups is 4. The van der Waals surface area contributed by atoms with Crippen molar-refractivity contribution >= 4 is 23.9 Å². The molecule has 0 saturated heterocycles. The van der Waals surface area contributed by atoms with Crippen molar-refractivity contribution in [3.63, 3.8) is 0 Å². The number of rotatable bonds is 14. The van der Waals surface area contributed by atoms with Gasteiger partial charge in [-0.25, -0.2) is 4.79 Å². The maximum Gasteiger partial charge on any atom is 0.408 e. The van der Waals surface area contributed by atoms with Gasteiger partial charge in [0.1, 0.15) is 35.7 Å². The van der Waals surface area contributed by atoms with Crippen LogP contribution in [-0.4, -0.2) is 70.8 Å². The van der Waals surface area contributed by atoms with Crippen LogP contribution in [0, 0.1) is 0 Å². The number of aromatic hydroxyl groups is 2. The second-order valence-electron chi connectivity index (χ2n) is 10.9. The Morgan fingerprint density at radius 1 is 0.952 bits per heavy atom. The number of benzene rings is 2. The molecule has 0 bridgehead atoms. The molecular formula is C31H43N3O8. The number of phenolic OH excluding ortho intramolecular Hbond substituents is 2. The van der Waals surface area contributed by atoms with Crippen LogP contribution >= 0.6 is 0 Å². The Bertz CT molecular complexity index is 1190. The van der Waals surface area contributed by atoms with E-state index in [1.807, 2.05) is 6.92 Å². The van der Waals surface area contributed by atoms with Crippen LogP contribution in [0.5, 0.6) is 11.5 Å². The van der Waals surface area contributed by atoms with Gasteiger partial charge in [0.15, 0.2) is 0 Å². The van der Waals surface area contributed by atoms with Gasteiger partial charge in [0.05, 0.1) is 7.11 Å². The monoisotopic (exact) mass is 585 g/mol. The summed E-state index contributed by atoms with van der Waals surface area (Å²) in [4.78, 5) is 54.0. The molecule has 11 heteroatoms. The van der Waals surface area contributed by atoms with Crippen LogP contribution in [0.25, 0.3) is 0 Å². The zero-order valence-corrected chi connectivity index (χ0v) is 25.0. The lowest BCUT2D eigenvalue weighted by Gasteiger charge is -2.35. The number of nitrogens with one attached hydrogen (secondary N) is 2. The molecule has 2 aromatic rings. The van der Waals surface area contributed by atoms with Crippen molar-refractivity contribution in [3.05, 3.63) is 59.7 Å². The summed E-state index contributed by atoms with van der Waals surface area (Å²) in [6.07, 6.45) is 2.39. The molecule has 2 unspecified atom stereocenters. The predicted molar refractivity (Wildman–Crippen MR) is 157 cm³/mol. The smallest absolute Gasteiger partial charge is 0.408 e. The fourth-order valence-corrected chi connectivity index (χ4v) is 4.29. The molecule has 4 N–H and O–H groups in total. The molecule has 0 aliphatic carbocycles. The number of amides is 3. The summed E-state index contributed by atoms with van der Waals surface area (Å²) in [5.41, 5.74) is -0.0332. The summed E-state index contributed by atoms with van der Waals surface area (Å²) in [6.45, 7) is 6.83. The average Bonchev–Trinajstić information content (AvgIpc) is 2.93. The lowest BCUT2D eigenvalue weighted by molar-refractivity contribution is -0.144. The van der Waals surface area contributed by atoms with E-state index in [2.05, 4.69) is 15.4 Å². The van der Waals surface area contributed by atoms with E-state index in [4.69, 9.17) is 4.74 Å². The van der Waals surface area contributed by atoms with Gasteiger partial charge in [-0.05, 0) is 51.0 Å². The van der Waals surface area contributed by atoms with Crippen LogP contribution in [0.1, 0.15) is 70.5 Å². The summed E-state index contributed by atoms with van der Waals surface area (Å²) in [7, 11) is 1.19. The number of esters is 1. The number of para-hydroxylation sites is 1. The van der Waals surface area contributed by atoms with E-state index in [-0.39, 0.29) is 30.0 Å².